The molecule has 0 radical (unpaired) electrons. The number of hydrogen-bond acceptors (Lipinski definition) is 4. The van der Waals surface area contributed by atoms with Crippen LogP contribution in [-0.4, -0.2) is 24.3 Å². The molecular formula is C18H16N4O3. The molecule has 25 heavy (non-hydrogen) atoms. The summed E-state index contributed by atoms with van der Waals surface area (Å²) in [5, 5.41) is 8.65. The van der Waals surface area contributed by atoms with E-state index in [2.05, 4.69) is 16.0 Å². The van der Waals surface area contributed by atoms with Crippen molar-refractivity contribution in [3.63, 3.8) is 0 Å². The summed E-state index contributed by atoms with van der Waals surface area (Å²) < 4.78 is 0. The molecule has 0 saturated carbocycles. The summed E-state index contributed by atoms with van der Waals surface area (Å²) >= 11 is 0. The Hall–Kier alpha value is -3.35. The Kier molecular flexibility index (Phi) is 3.42. The van der Waals surface area contributed by atoms with Crippen LogP contribution in [0.1, 0.15) is 18.5 Å². The van der Waals surface area contributed by atoms with Crippen molar-refractivity contribution in [3.05, 3.63) is 48.0 Å². The van der Waals surface area contributed by atoms with Gasteiger partial charge in [-0.25, -0.2) is 0 Å². The Morgan fingerprint density at radius 3 is 2.72 bits per heavy atom. The fourth-order valence-corrected chi connectivity index (χ4v) is 3.31. The summed E-state index contributed by atoms with van der Waals surface area (Å²) in [7, 11) is 0. The monoisotopic (exact) mass is 336 g/mol. The van der Waals surface area contributed by atoms with Gasteiger partial charge >= 0.3 is 0 Å². The van der Waals surface area contributed by atoms with Crippen LogP contribution >= 0.6 is 0 Å². The van der Waals surface area contributed by atoms with Crippen LogP contribution in [0.25, 0.3) is 0 Å². The van der Waals surface area contributed by atoms with E-state index in [9.17, 15) is 14.4 Å². The van der Waals surface area contributed by atoms with Crippen LogP contribution in [-0.2, 0) is 14.4 Å². The van der Waals surface area contributed by atoms with Crippen molar-refractivity contribution < 1.29 is 14.4 Å². The number of amides is 3. The van der Waals surface area contributed by atoms with Crippen LogP contribution < -0.4 is 20.9 Å². The summed E-state index contributed by atoms with van der Waals surface area (Å²) in [5.74, 6) is -0.652. The number of para-hydroxylation sites is 1. The molecule has 1 atom stereocenters. The van der Waals surface area contributed by atoms with Crippen LogP contribution in [0.5, 0.6) is 0 Å². The van der Waals surface area contributed by atoms with E-state index in [4.69, 9.17) is 0 Å². The molecule has 3 amide bonds. The quantitative estimate of drug-likeness (QED) is 0.783. The Morgan fingerprint density at radius 1 is 1.16 bits per heavy atom. The van der Waals surface area contributed by atoms with E-state index < -0.39 is 6.04 Å². The molecule has 126 valence electrons. The molecule has 0 aromatic heterocycles. The van der Waals surface area contributed by atoms with Gasteiger partial charge in [-0.3, -0.25) is 19.3 Å². The zero-order valence-electron chi connectivity index (χ0n) is 13.5. The second-order valence-electron chi connectivity index (χ2n) is 6.02. The summed E-state index contributed by atoms with van der Waals surface area (Å²) in [4.78, 5) is 38.1. The number of benzene rings is 2. The van der Waals surface area contributed by atoms with Crippen molar-refractivity contribution in [1.29, 1.82) is 0 Å². The molecule has 2 aromatic carbocycles. The maximum absolute atomic E-state index is 12.7. The Morgan fingerprint density at radius 2 is 1.92 bits per heavy atom. The fraction of sp³-hybridized carbons (Fsp3) is 0.167. The van der Waals surface area contributed by atoms with Gasteiger partial charge in [-0.15, -0.1) is 0 Å². The largest absolute Gasteiger partial charge is 0.374 e. The molecule has 2 aliphatic heterocycles. The second kappa shape index (κ2) is 5.62. The van der Waals surface area contributed by atoms with Gasteiger partial charge in [0.15, 0.2) is 0 Å². The van der Waals surface area contributed by atoms with Crippen LogP contribution in [0.3, 0.4) is 0 Å². The zero-order valence-corrected chi connectivity index (χ0v) is 13.5. The van der Waals surface area contributed by atoms with Crippen molar-refractivity contribution in [2.45, 2.75) is 13.0 Å². The first-order valence-electron chi connectivity index (χ1n) is 7.92. The van der Waals surface area contributed by atoms with E-state index in [-0.39, 0.29) is 24.3 Å². The molecule has 0 saturated heterocycles. The summed E-state index contributed by atoms with van der Waals surface area (Å²) in [6.45, 7) is 1.55. The summed E-state index contributed by atoms with van der Waals surface area (Å²) in [6.07, 6.45) is 0. The second-order valence-corrected chi connectivity index (χ2v) is 6.02. The standard InChI is InChI=1S/C18H16N4O3/c1-10(23)20-12-5-2-4-11(8-12)16-18(25)21-14-7-3-6-13-17(14)22(16)15(24)9-19-13/h2-8,16,19H,9H2,1H3,(H,20,23)(H,21,25). The van der Waals surface area contributed by atoms with Crippen molar-refractivity contribution >= 4 is 40.5 Å². The normalized spacial score (nSPS) is 18.1. The van der Waals surface area contributed by atoms with E-state index in [0.29, 0.717) is 22.6 Å². The third kappa shape index (κ3) is 2.50. The van der Waals surface area contributed by atoms with Crippen molar-refractivity contribution in [2.75, 3.05) is 27.4 Å². The average Bonchev–Trinajstić information content (AvgIpc) is 2.57. The van der Waals surface area contributed by atoms with Gasteiger partial charge < -0.3 is 16.0 Å². The predicted octanol–water partition coefficient (Wildman–Crippen LogP) is 2.10. The fourth-order valence-electron chi connectivity index (χ4n) is 3.31. The van der Waals surface area contributed by atoms with Crippen molar-refractivity contribution in [1.82, 2.24) is 0 Å². The van der Waals surface area contributed by atoms with Crippen LogP contribution in [0.15, 0.2) is 42.5 Å². The summed E-state index contributed by atoms with van der Waals surface area (Å²) in [5.41, 5.74) is 3.31. The highest BCUT2D eigenvalue weighted by Crippen LogP contribution is 2.45. The number of nitrogens with zero attached hydrogens (tertiary/aromatic N) is 1. The minimum atomic E-state index is -0.781. The average molecular weight is 336 g/mol. The van der Waals surface area contributed by atoms with Gasteiger partial charge in [-0.05, 0) is 29.8 Å². The van der Waals surface area contributed by atoms with Gasteiger partial charge in [0.05, 0.1) is 23.6 Å². The number of hydrogen-bond donors (Lipinski definition) is 3. The van der Waals surface area contributed by atoms with Crippen molar-refractivity contribution in [2.24, 2.45) is 0 Å². The van der Waals surface area contributed by atoms with Gasteiger partial charge in [0.1, 0.15) is 6.04 Å². The Balaban J connectivity index is 1.82. The van der Waals surface area contributed by atoms with Crippen molar-refractivity contribution in [3.8, 4) is 0 Å². The molecule has 0 spiro atoms. The van der Waals surface area contributed by atoms with Crippen LogP contribution in [0, 0.1) is 0 Å². The first kappa shape index (κ1) is 15.2. The molecule has 0 fully saturated rings. The maximum Gasteiger partial charge on any atom is 0.252 e. The molecule has 3 N–H and O–H groups in total. The van der Waals surface area contributed by atoms with E-state index in [1.807, 2.05) is 12.1 Å². The molecule has 2 aromatic rings. The third-order valence-electron chi connectivity index (χ3n) is 4.26. The van der Waals surface area contributed by atoms with Gasteiger partial charge in [-0.2, -0.15) is 0 Å². The van der Waals surface area contributed by atoms with Crippen LogP contribution in [0.4, 0.5) is 22.7 Å². The van der Waals surface area contributed by atoms with Gasteiger partial charge in [0.2, 0.25) is 11.8 Å². The maximum atomic E-state index is 12.7. The Labute approximate surface area is 144 Å². The highest BCUT2D eigenvalue weighted by Gasteiger charge is 2.41. The first-order valence-corrected chi connectivity index (χ1v) is 7.92. The van der Waals surface area contributed by atoms with E-state index in [1.54, 1.807) is 30.3 Å². The highest BCUT2D eigenvalue weighted by molar-refractivity contribution is 6.17. The third-order valence-corrected chi connectivity index (χ3v) is 4.26. The number of carbonyl (C=O) groups excluding carboxylic acids is 3. The molecule has 1 unspecified atom stereocenters. The molecule has 2 heterocycles. The van der Waals surface area contributed by atoms with Gasteiger partial charge in [-0.1, -0.05) is 18.2 Å². The van der Waals surface area contributed by atoms with E-state index in [0.717, 1.165) is 5.69 Å². The topological polar surface area (TPSA) is 90.5 Å². The molecule has 7 nitrogen and oxygen atoms in total. The first-order chi connectivity index (χ1) is 12.0. The van der Waals surface area contributed by atoms with E-state index in [1.165, 1.54) is 11.8 Å². The molecule has 2 aliphatic rings. The smallest absolute Gasteiger partial charge is 0.252 e. The number of rotatable bonds is 2. The lowest BCUT2D eigenvalue weighted by molar-refractivity contribution is -0.123. The predicted molar refractivity (Wildman–Crippen MR) is 94.5 cm³/mol. The highest BCUT2D eigenvalue weighted by atomic mass is 16.2. The van der Waals surface area contributed by atoms with Crippen LogP contribution in [0.2, 0.25) is 0 Å². The lowest BCUT2D eigenvalue weighted by atomic mass is 9.97. The number of carbonyl (C=O) groups is 3. The van der Waals surface area contributed by atoms with Gasteiger partial charge in [0.25, 0.3) is 5.91 Å². The molecule has 7 heteroatoms. The van der Waals surface area contributed by atoms with E-state index >= 15 is 0 Å². The zero-order chi connectivity index (χ0) is 17.6. The number of anilines is 4. The Bertz CT molecular complexity index is 909. The van der Waals surface area contributed by atoms with Gasteiger partial charge in [0, 0.05) is 12.6 Å². The lowest BCUT2D eigenvalue weighted by Crippen LogP contribution is -2.49. The molecule has 0 bridgehead atoms. The SMILES string of the molecule is CC(=O)Nc1cccc(C2C(=O)Nc3cccc4c3N2C(=O)CN4)c1. The molecule has 0 aliphatic carbocycles. The molecule has 4 rings (SSSR count). The minimum Gasteiger partial charge on any atom is -0.374 e. The minimum absolute atomic E-state index is 0.131. The number of nitrogens with one attached hydrogen (secondary N) is 3. The lowest BCUT2D eigenvalue weighted by Gasteiger charge is -2.40. The summed E-state index contributed by atoms with van der Waals surface area (Å²) in [6, 6.07) is 11.7. The molecular weight excluding hydrogens is 320 g/mol.